The highest BCUT2D eigenvalue weighted by Gasteiger charge is 2.41. The smallest absolute Gasteiger partial charge is 0.410 e. The minimum absolute atomic E-state index is 0.0372. The number of amides is 1. The predicted octanol–water partition coefficient (Wildman–Crippen LogP) is 4.27. The molecule has 24 heavy (non-hydrogen) atoms. The van der Waals surface area contributed by atoms with Crippen molar-refractivity contribution < 1.29 is 9.53 Å². The van der Waals surface area contributed by atoms with Gasteiger partial charge < -0.3 is 9.64 Å². The number of likely N-dealkylation sites (tertiary alicyclic amines) is 1. The first kappa shape index (κ1) is 16.6. The van der Waals surface area contributed by atoms with Gasteiger partial charge in [0.25, 0.3) is 0 Å². The molecule has 0 atom stereocenters. The molecule has 0 unspecified atom stereocenters. The van der Waals surface area contributed by atoms with Gasteiger partial charge in [-0.2, -0.15) is 5.26 Å². The summed E-state index contributed by atoms with van der Waals surface area (Å²) in [7, 11) is 0. The Balaban J connectivity index is 1.78. The molecule has 1 amide bonds. The molecule has 1 aliphatic heterocycles. The molecule has 1 heterocycles. The van der Waals surface area contributed by atoms with E-state index in [4.69, 9.17) is 4.74 Å². The van der Waals surface area contributed by atoms with Crippen molar-refractivity contribution >= 4 is 11.7 Å². The van der Waals surface area contributed by atoms with E-state index in [1.807, 2.05) is 43.9 Å². The molecule has 0 radical (unpaired) electrons. The van der Waals surface area contributed by atoms with Gasteiger partial charge in [0.1, 0.15) is 5.60 Å². The number of ether oxygens (including phenoxy) is 1. The van der Waals surface area contributed by atoms with Gasteiger partial charge in [-0.15, -0.1) is 0 Å². The molecule has 1 fully saturated rings. The summed E-state index contributed by atoms with van der Waals surface area (Å²) in [4.78, 5) is 14.1. The number of rotatable bonds is 0. The quantitative estimate of drug-likeness (QED) is 0.716. The van der Waals surface area contributed by atoms with Crippen molar-refractivity contribution in [1.82, 2.24) is 4.90 Å². The summed E-state index contributed by atoms with van der Waals surface area (Å²) in [6, 6.07) is 10.5. The Kier molecular flexibility index (Phi) is 4.13. The van der Waals surface area contributed by atoms with Gasteiger partial charge >= 0.3 is 6.09 Å². The van der Waals surface area contributed by atoms with Crippen LogP contribution in [-0.4, -0.2) is 29.7 Å². The van der Waals surface area contributed by atoms with E-state index < -0.39 is 5.60 Å². The fourth-order valence-electron chi connectivity index (χ4n) is 3.72. The number of fused-ring (bicyclic) bond motifs is 2. The zero-order valence-electron chi connectivity index (χ0n) is 14.6. The minimum atomic E-state index is -0.464. The van der Waals surface area contributed by atoms with Crippen molar-refractivity contribution in [2.75, 3.05) is 13.1 Å². The van der Waals surface area contributed by atoms with Crippen LogP contribution in [0.25, 0.3) is 5.57 Å². The molecule has 126 valence electrons. The second-order valence-electron chi connectivity index (χ2n) is 7.73. The summed E-state index contributed by atoms with van der Waals surface area (Å²) < 4.78 is 5.49. The Hall–Kier alpha value is -2.28. The molecule has 0 aromatic heterocycles. The molecule has 1 spiro atoms. The lowest BCUT2D eigenvalue weighted by molar-refractivity contribution is 0.0164. The molecule has 4 nitrogen and oxygen atoms in total. The zero-order chi connectivity index (χ0) is 17.4. The van der Waals surface area contributed by atoms with E-state index in [-0.39, 0.29) is 11.5 Å². The third-order valence-electron chi connectivity index (χ3n) is 4.98. The monoisotopic (exact) mass is 324 g/mol. The first-order valence-electron chi connectivity index (χ1n) is 8.53. The van der Waals surface area contributed by atoms with Gasteiger partial charge in [-0.25, -0.2) is 4.79 Å². The van der Waals surface area contributed by atoms with Crippen LogP contribution >= 0.6 is 0 Å². The first-order chi connectivity index (χ1) is 11.3. The van der Waals surface area contributed by atoms with E-state index in [0.717, 1.165) is 30.4 Å². The fraction of sp³-hybridized carbons (Fsp3) is 0.500. The van der Waals surface area contributed by atoms with Crippen molar-refractivity contribution in [2.24, 2.45) is 0 Å². The maximum atomic E-state index is 12.3. The van der Waals surface area contributed by atoms with Gasteiger partial charge in [-0.3, -0.25) is 0 Å². The van der Waals surface area contributed by atoms with Crippen LogP contribution in [0.15, 0.2) is 30.3 Å². The van der Waals surface area contributed by atoms with Gasteiger partial charge in [0.2, 0.25) is 0 Å². The predicted molar refractivity (Wildman–Crippen MR) is 93.4 cm³/mol. The third kappa shape index (κ3) is 3.03. The van der Waals surface area contributed by atoms with Crippen molar-refractivity contribution in [2.45, 2.75) is 51.0 Å². The first-order valence-corrected chi connectivity index (χ1v) is 8.53. The van der Waals surface area contributed by atoms with Crippen molar-refractivity contribution in [3.05, 3.63) is 41.5 Å². The Morgan fingerprint density at radius 2 is 1.92 bits per heavy atom. The number of nitrogens with zero attached hydrogens (tertiary/aromatic N) is 2. The summed E-state index contributed by atoms with van der Waals surface area (Å²) in [6.45, 7) is 7.06. The number of benzene rings is 1. The molecule has 0 saturated carbocycles. The van der Waals surface area contributed by atoms with Crippen LogP contribution in [0.1, 0.15) is 51.2 Å². The fourth-order valence-corrected chi connectivity index (χ4v) is 3.72. The Morgan fingerprint density at radius 1 is 1.25 bits per heavy atom. The molecule has 2 aliphatic rings. The van der Waals surface area contributed by atoms with E-state index in [2.05, 4.69) is 18.2 Å². The average molecular weight is 324 g/mol. The van der Waals surface area contributed by atoms with Crippen molar-refractivity contribution in [3.63, 3.8) is 0 Å². The van der Waals surface area contributed by atoms with Crippen LogP contribution in [0, 0.1) is 11.3 Å². The second-order valence-corrected chi connectivity index (χ2v) is 7.73. The number of carbonyl (C=O) groups is 1. The van der Waals surface area contributed by atoms with Crippen LogP contribution in [0.2, 0.25) is 0 Å². The molecular weight excluding hydrogens is 300 g/mol. The van der Waals surface area contributed by atoms with Gasteiger partial charge in [0.15, 0.2) is 0 Å². The van der Waals surface area contributed by atoms with Crippen LogP contribution < -0.4 is 0 Å². The summed E-state index contributed by atoms with van der Waals surface area (Å²) in [6.07, 6.45) is 4.51. The summed E-state index contributed by atoms with van der Waals surface area (Å²) in [5, 5.41) is 9.36. The normalized spacial score (nSPS) is 19.2. The highest BCUT2D eigenvalue weighted by molar-refractivity contribution is 5.81. The van der Waals surface area contributed by atoms with Crippen LogP contribution in [-0.2, 0) is 10.2 Å². The Morgan fingerprint density at radius 3 is 2.54 bits per heavy atom. The third-order valence-corrected chi connectivity index (χ3v) is 4.98. The lowest BCUT2D eigenvalue weighted by Gasteiger charge is -2.44. The van der Waals surface area contributed by atoms with Gasteiger partial charge in [0.05, 0.1) is 11.6 Å². The lowest BCUT2D eigenvalue weighted by atomic mass is 9.65. The van der Waals surface area contributed by atoms with Crippen LogP contribution in [0.5, 0.6) is 0 Å². The van der Waals surface area contributed by atoms with E-state index in [0.29, 0.717) is 13.1 Å². The molecule has 4 heteroatoms. The van der Waals surface area contributed by atoms with E-state index in [9.17, 15) is 10.1 Å². The van der Waals surface area contributed by atoms with Crippen molar-refractivity contribution in [1.29, 1.82) is 5.26 Å². The number of nitriles is 1. The molecule has 1 aliphatic carbocycles. The minimum Gasteiger partial charge on any atom is -0.444 e. The number of piperidine rings is 1. The Labute approximate surface area is 143 Å². The number of hydrogen-bond acceptors (Lipinski definition) is 3. The zero-order valence-corrected chi connectivity index (χ0v) is 14.6. The lowest BCUT2D eigenvalue weighted by Crippen LogP contribution is -2.47. The standard InChI is InChI=1S/C20H24N2O2/c1-19(2,3)24-18(23)22-12-10-20(11-13-22)9-8-15(14-21)16-6-4-5-7-17(16)20/h4-8H,9-13H2,1-3H3. The number of carbonyl (C=O) groups excluding carboxylic acids is 1. The second kappa shape index (κ2) is 5.98. The van der Waals surface area contributed by atoms with E-state index in [1.165, 1.54) is 5.56 Å². The molecule has 1 saturated heterocycles. The number of allylic oxidation sites excluding steroid dienone is 2. The maximum absolute atomic E-state index is 12.3. The van der Waals surface area contributed by atoms with Gasteiger partial charge in [0, 0.05) is 18.5 Å². The molecule has 0 N–H and O–H groups in total. The topological polar surface area (TPSA) is 53.3 Å². The van der Waals surface area contributed by atoms with Crippen LogP contribution in [0.3, 0.4) is 0 Å². The SMILES string of the molecule is CC(C)(C)OC(=O)N1CCC2(CC=C(C#N)c3ccccc32)CC1. The molecule has 3 rings (SSSR count). The highest BCUT2D eigenvalue weighted by Crippen LogP contribution is 2.45. The summed E-state index contributed by atoms with van der Waals surface area (Å²) in [5.41, 5.74) is 2.65. The average Bonchev–Trinajstić information content (AvgIpc) is 2.55. The largest absolute Gasteiger partial charge is 0.444 e. The van der Waals surface area contributed by atoms with Crippen LogP contribution in [0.4, 0.5) is 4.79 Å². The molecule has 0 bridgehead atoms. The molecular formula is C20H24N2O2. The van der Waals surface area contributed by atoms with Gasteiger partial charge in [-0.05, 0) is 51.2 Å². The molecule has 1 aromatic rings. The maximum Gasteiger partial charge on any atom is 0.410 e. The van der Waals surface area contributed by atoms with Gasteiger partial charge in [-0.1, -0.05) is 30.3 Å². The van der Waals surface area contributed by atoms with Crippen molar-refractivity contribution in [3.8, 4) is 6.07 Å². The number of hydrogen-bond donors (Lipinski definition) is 0. The van der Waals surface area contributed by atoms with E-state index >= 15 is 0 Å². The van der Waals surface area contributed by atoms with E-state index in [1.54, 1.807) is 0 Å². The Bertz CT molecular complexity index is 714. The summed E-state index contributed by atoms with van der Waals surface area (Å²) >= 11 is 0. The molecule has 1 aromatic carbocycles. The summed E-state index contributed by atoms with van der Waals surface area (Å²) in [5.74, 6) is 0. The highest BCUT2D eigenvalue weighted by atomic mass is 16.6.